The fourth-order valence-corrected chi connectivity index (χ4v) is 1.66. The molecule has 0 aromatic heterocycles. The molecule has 0 aromatic carbocycles. The second-order valence-corrected chi connectivity index (χ2v) is 5.46. The van der Waals surface area contributed by atoms with Gasteiger partial charge in [-0.1, -0.05) is 0 Å². The number of carboxylic acids is 1. The van der Waals surface area contributed by atoms with Crippen LogP contribution in [0, 0.1) is 0 Å². The molecular formula is C7H16NO6P. The molecule has 0 aromatic rings. The highest BCUT2D eigenvalue weighted by atomic mass is 31.2. The summed E-state index contributed by atoms with van der Waals surface area (Å²) >= 11 is 0. The van der Waals surface area contributed by atoms with Crippen LogP contribution in [0.2, 0.25) is 0 Å². The maximum absolute atomic E-state index is 10.6. The van der Waals surface area contributed by atoms with E-state index >= 15 is 0 Å². The lowest BCUT2D eigenvalue weighted by Gasteiger charge is -2.29. The van der Waals surface area contributed by atoms with Crippen LogP contribution in [0.25, 0.3) is 0 Å². The molecule has 0 saturated carbocycles. The quantitative estimate of drug-likeness (QED) is 0.424. The van der Waals surface area contributed by atoms with Crippen molar-refractivity contribution in [2.75, 3.05) is 27.7 Å². The fraction of sp³-hybridized carbons (Fsp3) is 0.857. The number of nitrogens with zero attached hydrogens (tertiary/aromatic N) is 1. The van der Waals surface area contributed by atoms with Crippen LogP contribution in [-0.2, 0) is 13.9 Å². The number of quaternary nitrogens is 1. The molecule has 0 radical (unpaired) electrons. The Morgan fingerprint density at radius 1 is 1.47 bits per heavy atom. The summed E-state index contributed by atoms with van der Waals surface area (Å²) in [6.45, 7) is 0.166. The van der Waals surface area contributed by atoms with Gasteiger partial charge < -0.3 is 24.2 Å². The van der Waals surface area contributed by atoms with E-state index in [1.54, 1.807) is 21.1 Å². The molecule has 7 nitrogen and oxygen atoms in total. The lowest BCUT2D eigenvalue weighted by Crippen LogP contribution is -2.44. The Morgan fingerprint density at radius 3 is 2.20 bits per heavy atom. The highest BCUT2D eigenvalue weighted by molar-refractivity contribution is 7.46. The second-order valence-electron chi connectivity index (χ2n) is 4.27. The van der Waals surface area contributed by atoms with E-state index in [0.717, 1.165) is 0 Å². The number of phosphoric acid groups is 1. The molecule has 0 rings (SSSR count). The number of aliphatic carboxylic acids is 1. The van der Waals surface area contributed by atoms with Crippen molar-refractivity contribution in [1.29, 1.82) is 0 Å². The minimum atomic E-state index is -4.67. The molecule has 1 unspecified atom stereocenters. The molecule has 2 N–H and O–H groups in total. The molecule has 0 aliphatic rings. The largest absolute Gasteiger partial charge is 0.550 e. The normalized spacial score (nSPS) is 15.0. The van der Waals surface area contributed by atoms with Crippen molar-refractivity contribution in [2.45, 2.75) is 12.5 Å². The molecule has 8 heteroatoms. The lowest BCUT2D eigenvalue weighted by molar-refractivity contribution is -0.873. The van der Waals surface area contributed by atoms with E-state index < -0.39 is 26.3 Å². The molecule has 0 fully saturated rings. The van der Waals surface area contributed by atoms with Gasteiger partial charge in [0.05, 0.1) is 21.1 Å². The molecule has 0 heterocycles. The van der Waals surface area contributed by atoms with Gasteiger partial charge in [0.1, 0.15) is 12.6 Å². The van der Waals surface area contributed by atoms with Gasteiger partial charge >= 0.3 is 7.82 Å². The van der Waals surface area contributed by atoms with Crippen molar-refractivity contribution >= 4 is 13.8 Å². The predicted octanol–water partition coefficient (Wildman–Crippen LogP) is -1.69. The van der Waals surface area contributed by atoms with Crippen molar-refractivity contribution in [2.24, 2.45) is 0 Å². The molecule has 90 valence electrons. The lowest BCUT2D eigenvalue weighted by atomic mass is 10.2. The highest BCUT2D eigenvalue weighted by Gasteiger charge is 2.27. The topological polar surface area (TPSA) is 107 Å². The third-order valence-electron chi connectivity index (χ3n) is 1.43. The van der Waals surface area contributed by atoms with Crippen LogP contribution >= 0.6 is 7.82 Å². The third-order valence-corrected chi connectivity index (χ3v) is 2.00. The summed E-state index contributed by atoms with van der Waals surface area (Å²) in [7, 11) is 0.601. The molecular weight excluding hydrogens is 225 g/mol. The van der Waals surface area contributed by atoms with Crippen molar-refractivity contribution < 1.29 is 33.3 Å². The standard InChI is InChI=1S/C7H16NO6P/c1-8(2,3)5-6(4-7(9)10)14-15(11,12)13/h6H,4-5H2,1-3H3,(H2-,9,10,11,12,13). The van der Waals surface area contributed by atoms with Gasteiger partial charge in [-0.3, -0.25) is 4.52 Å². The van der Waals surface area contributed by atoms with E-state index in [4.69, 9.17) is 9.79 Å². The minimum absolute atomic E-state index is 0.166. The van der Waals surface area contributed by atoms with Crippen LogP contribution < -0.4 is 5.11 Å². The maximum atomic E-state index is 10.6. The zero-order valence-corrected chi connectivity index (χ0v) is 9.81. The number of carboxylic acid groups (broad SMARTS) is 1. The Hall–Kier alpha value is -0.460. The molecule has 0 amide bonds. The van der Waals surface area contributed by atoms with Gasteiger partial charge in [0.25, 0.3) is 0 Å². The molecule has 0 aliphatic carbocycles. The zero-order chi connectivity index (χ0) is 12.3. The van der Waals surface area contributed by atoms with Crippen LogP contribution in [0.5, 0.6) is 0 Å². The van der Waals surface area contributed by atoms with Crippen molar-refractivity contribution in [1.82, 2.24) is 0 Å². The SMILES string of the molecule is C[N+](C)(C)CC(CC(=O)[O-])OP(=O)(O)O. The van der Waals surface area contributed by atoms with Crippen LogP contribution in [0.15, 0.2) is 0 Å². The number of carbonyl (C=O) groups is 1. The van der Waals surface area contributed by atoms with Gasteiger partial charge in [-0.2, -0.15) is 0 Å². The average molecular weight is 241 g/mol. The smallest absolute Gasteiger partial charge is 0.470 e. The van der Waals surface area contributed by atoms with Gasteiger partial charge in [-0.25, -0.2) is 4.57 Å². The zero-order valence-electron chi connectivity index (χ0n) is 8.91. The predicted molar refractivity (Wildman–Crippen MR) is 49.4 cm³/mol. The van der Waals surface area contributed by atoms with E-state index in [-0.39, 0.29) is 6.54 Å². The third kappa shape index (κ3) is 9.84. The number of hydrogen-bond donors (Lipinski definition) is 2. The summed E-state index contributed by atoms with van der Waals surface area (Å²) in [5, 5.41) is 10.3. The molecule has 0 aliphatic heterocycles. The van der Waals surface area contributed by atoms with Crippen molar-refractivity contribution in [3.8, 4) is 0 Å². The van der Waals surface area contributed by atoms with Gasteiger partial charge in [0, 0.05) is 12.4 Å². The molecule has 0 saturated heterocycles. The molecule has 0 bridgehead atoms. The number of hydrogen-bond acceptors (Lipinski definition) is 4. The summed E-state index contributed by atoms with van der Waals surface area (Å²) in [6.07, 6.45) is -1.60. The fourth-order valence-electron chi connectivity index (χ4n) is 1.13. The van der Waals surface area contributed by atoms with Crippen LogP contribution in [0.3, 0.4) is 0 Å². The van der Waals surface area contributed by atoms with Crippen LogP contribution in [0.4, 0.5) is 0 Å². The maximum Gasteiger partial charge on any atom is 0.470 e. The van der Waals surface area contributed by atoms with Crippen LogP contribution in [-0.4, -0.2) is 54.0 Å². The Bertz CT molecular complexity index is 267. The first-order valence-corrected chi connectivity index (χ1v) is 5.77. The molecule has 1 atom stereocenters. The first-order valence-electron chi connectivity index (χ1n) is 4.24. The van der Waals surface area contributed by atoms with E-state index in [9.17, 15) is 14.5 Å². The monoisotopic (exact) mass is 241 g/mol. The average Bonchev–Trinajstić information content (AvgIpc) is 1.73. The summed E-state index contributed by atoms with van der Waals surface area (Å²) in [5.41, 5.74) is 0. The van der Waals surface area contributed by atoms with Gasteiger partial charge in [0.15, 0.2) is 0 Å². The van der Waals surface area contributed by atoms with Gasteiger partial charge in [-0.15, -0.1) is 0 Å². The Balaban J connectivity index is 4.45. The number of likely N-dealkylation sites (N-methyl/N-ethyl adjacent to an activating group) is 1. The highest BCUT2D eigenvalue weighted by Crippen LogP contribution is 2.38. The summed E-state index contributed by atoms with van der Waals surface area (Å²) in [5.74, 6) is -1.40. The summed E-state index contributed by atoms with van der Waals surface area (Å²) in [6, 6.07) is 0. The van der Waals surface area contributed by atoms with Crippen LogP contribution in [0.1, 0.15) is 6.42 Å². The van der Waals surface area contributed by atoms with E-state index in [0.29, 0.717) is 4.48 Å². The number of phosphoric ester groups is 1. The second kappa shape index (κ2) is 5.05. The Kier molecular flexibility index (Phi) is 4.89. The Morgan fingerprint density at radius 2 is 1.93 bits per heavy atom. The molecule has 15 heavy (non-hydrogen) atoms. The summed E-state index contributed by atoms with van der Waals surface area (Å²) in [4.78, 5) is 27.5. The van der Waals surface area contributed by atoms with Crippen molar-refractivity contribution in [3.63, 3.8) is 0 Å². The van der Waals surface area contributed by atoms with Gasteiger partial charge in [-0.05, 0) is 0 Å². The number of carbonyl (C=O) groups excluding carboxylic acids is 1. The minimum Gasteiger partial charge on any atom is -0.550 e. The first-order chi connectivity index (χ1) is 6.49. The Labute approximate surface area is 88.1 Å². The van der Waals surface area contributed by atoms with E-state index in [1.807, 2.05) is 0 Å². The van der Waals surface area contributed by atoms with Crippen molar-refractivity contribution in [3.05, 3.63) is 0 Å². The first kappa shape index (κ1) is 14.5. The summed E-state index contributed by atoms with van der Waals surface area (Å²) < 4.78 is 15.2. The number of rotatable bonds is 6. The van der Waals surface area contributed by atoms with E-state index in [1.165, 1.54) is 0 Å². The van der Waals surface area contributed by atoms with Gasteiger partial charge in [0.2, 0.25) is 0 Å². The molecule has 0 spiro atoms. The van der Waals surface area contributed by atoms with E-state index in [2.05, 4.69) is 4.52 Å².